The smallest absolute Gasteiger partial charge is 0.243 e. The van der Waals surface area contributed by atoms with Gasteiger partial charge in [-0.3, -0.25) is 0 Å². The third-order valence-electron chi connectivity index (χ3n) is 2.63. The van der Waals surface area contributed by atoms with Crippen molar-refractivity contribution in [3.63, 3.8) is 0 Å². The van der Waals surface area contributed by atoms with Crippen molar-refractivity contribution in [2.24, 2.45) is 0 Å². The summed E-state index contributed by atoms with van der Waals surface area (Å²) >= 11 is 3.32. The Morgan fingerprint density at radius 3 is 2.33 bits per heavy atom. The molecule has 0 amide bonds. The largest absolute Gasteiger partial charge is 0.396 e. The molecular formula is C12H18BrNO3S. The first-order valence-corrected chi connectivity index (χ1v) is 8.38. The van der Waals surface area contributed by atoms with Crippen molar-refractivity contribution in [2.45, 2.75) is 23.6 Å². The summed E-state index contributed by atoms with van der Waals surface area (Å²) in [5.41, 5.74) is 1.03. The van der Waals surface area contributed by atoms with E-state index in [0.29, 0.717) is 29.7 Å². The standard InChI is InChI=1S/C12H18BrNO3S/c1-2-14(8-3-9-15)18(16,17)12-6-4-11(10-13)5-7-12/h4-7,15H,2-3,8-10H2,1H3. The van der Waals surface area contributed by atoms with Crippen LogP contribution in [0.5, 0.6) is 0 Å². The van der Waals surface area contributed by atoms with E-state index in [-0.39, 0.29) is 6.61 Å². The second kappa shape index (κ2) is 7.23. The zero-order valence-corrected chi connectivity index (χ0v) is 12.7. The van der Waals surface area contributed by atoms with Crippen molar-refractivity contribution in [1.82, 2.24) is 4.31 Å². The molecule has 102 valence electrons. The molecule has 18 heavy (non-hydrogen) atoms. The second-order valence-electron chi connectivity index (χ2n) is 3.85. The highest BCUT2D eigenvalue weighted by Gasteiger charge is 2.22. The molecule has 0 aromatic heterocycles. The Bertz CT molecular complexity index is 459. The van der Waals surface area contributed by atoms with E-state index in [4.69, 9.17) is 5.11 Å². The molecule has 0 spiro atoms. The molecule has 0 radical (unpaired) electrons. The van der Waals surface area contributed by atoms with Crippen LogP contribution in [0.4, 0.5) is 0 Å². The van der Waals surface area contributed by atoms with Crippen molar-refractivity contribution in [1.29, 1.82) is 0 Å². The van der Waals surface area contributed by atoms with Crippen molar-refractivity contribution in [3.8, 4) is 0 Å². The molecule has 1 aromatic rings. The summed E-state index contributed by atoms with van der Waals surface area (Å²) in [5, 5.41) is 9.49. The predicted molar refractivity (Wildman–Crippen MR) is 75.2 cm³/mol. The van der Waals surface area contributed by atoms with Crippen LogP contribution in [0.1, 0.15) is 18.9 Å². The van der Waals surface area contributed by atoms with Gasteiger partial charge in [-0.2, -0.15) is 4.31 Å². The van der Waals surface area contributed by atoms with Crippen LogP contribution in [-0.2, 0) is 15.4 Å². The number of sulfonamides is 1. The first kappa shape index (κ1) is 15.6. The van der Waals surface area contributed by atoms with Gasteiger partial charge in [0.2, 0.25) is 10.0 Å². The molecular weight excluding hydrogens is 318 g/mol. The summed E-state index contributed by atoms with van der Waals surface area (Å²) in [7, 11) is -3.44. The van der Waals surface area contributed by atoms with Crippen LogP contribution in [0.3, 0.4) is 0 Å². The molecule has 0 aliphatic carbocycles. The molecule has 0 saturated heterocycles. The van der Waals surface area contributed by atoms with E-state index in [1.54, 1.807) is 31.2 Å². The van der Waals surface area contributed by atoms with Crippen molar-refractivity contribution in [2.75, 3.05) is 19.7 Å². The van der Waals surface area contributed by atoms with Crippen LogP contribution in [0.15, 0.2) is 29.2 Å². The number of hydrogen-bond acceptors (Lipinski definition) is 3. The van der Waals surface area contributed by atoms with Gasteiger partial charge in [0.05, 0.1) is 4.90 Å². The summed E-state index contributed by atoms with van der Waals surface area (Å²) in [6.45, 7) is 2.54. The third kappa shape index (κ3) is 3.78. The molecule has 0 aliphatic heterocycles. The van der Waals surface area contributed by atoms with Crippen LogP contribution >= 0.6 is 15.9 Å². The molecule has 4 nitrogen and oxygen atoms in total. The average molecular weight is 336 g/mol. The van der Waals surface area contributed by atoms with E-state index in [0.717, 1.165) is 5.56 Å². The predicted octanol–water partition coefficient (Wildman–Crippen LogP) is 1.97. The highest BCUT2D eigenvalue weighted by Crippen LogP contribution is 2.17. The van der Waals surface area contributed by atoms with Crippen LogP contribution in [0.2, 0.25) is 0 Å². The highest BCUT2D eigenvalue weighted by molar-refractivity contribution is 9.08. The second-order valence-corrected chi connectivity index (χ2v) is 6.35. The summed E-state index contributed by atoms with van der Waals surface area (Å²) in [6, 6.07) is 6.82. The molecule has 1 aromatic carbocycles. The zero-order chi connectivity index (χ0) is 13.6. The van der Waals surface area contributed by atoms with Gasteiger partial charge >= 0.3 is 0 Å². The van der Waals surface area contributed by atoms with E-state index in [2.05, 4.69) is 15.9 Å². The van der Waals surface area contributed by atoms with Gasteiger partial charge in [-0.05, 0) is 24.1 Å². The fourth-order valence-corrected chi connectivity index (χ4v) is 3.46. The minimum atomic E-state index is -3.44. The zero-order valence-electron chi connectivity index (χ0n) is 10.3. The Morgan fingerprint density at radius 2 is 1.89 bits per heavy atom. The van der Waals surface area contributed by atoms with E-state index in [1.165, 1.54) is 4.31 Å². The molecule has 0 atom stereocenters. The molecule has 0 saturated carbocycles. The lowest BCUT2D eigenvalue weighted by molar-refractivity contribution is 0.271. The quantitative estimate of drug-likeness (QED) is 0.775. The monoisotopic (exact) mass is 335 g/mol. The molecule has 0 fully saturated rings. The first-order chi connectivity index (χ1) is 8.56. The maximum atomic E-state index is 12.3. The van der Waals surface area contributed by atoms with Gasteiger partial charge in [0, 0.05) is 25.0 Å². The number of halogens is 1. The maximum absolute atomic E-state index is 12.3. The highest BCUT2D eigenvalue weighted by atomic mass is 79.9. The minimum absolute atomic E-state index is 0.00541. The van der Waals surface area contributed by atoms with Crippen molar-refractivity contribution >= 4 is 26.0 Å². The molecule has 0 unspecified atom stereocenters. The average Bonchev–Trinajstić information content (AvgIpc) is 2.39. The van der Waals surface area contributed by atoms with Gasteiger partial charge in [-0.15, -0.1) is 0 Å². The maximum Gasteiger partial charge on any atom is 0.243 e. The molecule has 1 N–H and O–H groups in total. The van der Waals surface area contributed by atoms with Gasteiger partial charge in [0.25, 0.3) is 0 Å². The van der Waals surface area contributed by atoms with Crippen LogP contribution in [0, 0.1) is 0 Å². The summed E-state index contributed by atoms with van der Waals surface area (Å²) < 4.78 is 26.0. The van der Waals surface area contributed by atoms with Crippen molar-refractivity contribution < 1.29 is 13.5 Å². The summed E-state index contributed by atoms with van der Waals surface area (Å²) in [6.07, 6.45) is 0.451. The van der Waals surface area contributed by atoms with E-state index in [9.17, 15) is 8.42 Å². The van der Waals surface area contributed by atoms with Crippen LogP contribution < -0.4 is 0 Å². The fraction of sp³-hybridized carbons (Fsp3) is 0.500. The lowest BCUT2D eigenvalue weighted by Crippen LogP contribution is -2.32. The Kier molecular flexibility index (Phi) is 6.28. The van der Waals surface area contributed by atoms with Crippen LogP contribution in [-0.4, -0.2) is 37.5 Å². The fourth-order valence-electron chi connectivity index (χ4n) is 1.59. The van der Waals surface area contributed by atoms with Crippen molar-refractivity contribution in [3.05, 3.63) is 29.8 Å². The molecule has 0 bridgehead atoms. The lowest BCUT2D eigenvalue weighted by Gasteiger charge is -2.20. The Balaban J connectivity index is 2.95. The van der Waals surface area contributed by atoms with Gasteiger partial charge < -0.3 is 5.11 Å². The number of alkyl halides is 1. The van der Waals surface area contributed by atoms with Gasteiger partial charge in [0.15, 0.2) is 0 Å². The molecule has 6 heteroatoms. The van der Waals surface area contributed by atoms with E-state index in [1.807, 2.05) is 0 Å². The summed E-state index contributed by atoms with van der Waals surface area (Å²) in [4.78, 5) is 0.298. The first-order valence-electron chi connectivity index (χ1n) is 5.82. The van der Waals surface area contributed by atoms with E-state index < -0.39 is 10.0 Å². The topological polar surface area (TPSA) is 57.6 Å². The minimum Gasteiger partial charge on any atom is -0.396 e. The normalized spacial score (nSPS) is 12.0. The van der Waals surface area contributed by atoms with Gasteiger partial charge in [0.1, 0.15) is 0 Å². The number of aliphatic hydroxyl groups excluding tert-OH is 1. The Morgan fingerprint density at radius 1 is 1.28 bits per heavy atom. The van der Waals surface area contributed by atoms with Gasteiger partial charge in [-0.1, -0.05) is 35.0 Å². The van der Waals surface area contributed by atoms with E-state index >= 15 is 0 Å². The van der Waals surface area contributed by atoms with Gasteiger partial charge in [-0.25, -0.2) is 8.42 Å². The third-order valence-corrected chi connectivity index (χ3v) is 5.27. The SMILES string of the molecule is CCN(CCCO)S(=O)(=O)c1ccc(CBr)cc1. The Labute approximate surface area is 117 Å². The molecule has 0 heterocycles. The molecule has 1 rings (SSSR count). The number of aliphatic hydroxyl groups is 1. The molecule has 0 aliphatic rings. The van der Waals surface area contributed by atoms with Crippen LogP contribution in [0.25, 0.3) is 0 Å². The number of nitrogens with zero attached hydrogens (tertiary/aromatic N) is 1. The number of benzene rings is 1. The number of rotatable bonds is 7. The summed E-state index contributed by atoms with van der Waals surface area (Å²) in [5.74, 6) is 0. The Hall–Kier alpha value is -0.430. The lowest BCUT2D eigenvalue weighted by atomic mass is 10.2. The number of hydrogen-bond donors (Lipinski definition) is 1.